The summed E-state index contributed by atoms with van der Waals surface area (Å²) in [6.45, 7) is 1.65. The minimum atomic E-state index is -0.416. The molecule has 0 amide bonds. The molecule has 1 saturated carbocycles. The largest absolute Gasteiger partial charge is 0.365 e. The molecular formula is C17H19FIN7S. The van der Waals surface area contributed by atoms with E-state index in [2.05, 4.69) is 46.5 Å². The molecule has 4 rings (SSSR count). The molecule has 142 valence electrons. The van der Waals surface area contributed by atoms with Crippen LogP contribution in [-0.2, 0) is 0 Å². The predicted molar refractivity (Wildman–Crippen MR) is 114 cm³/mol. The van der Waals surface area contributed by atoms with E-state index in [-0.39, 0.29) is 17.9 Å². The first kappa shape index (κ1) is 18.8. The van der Waals surface area contributed by atoms with Gasteiger partial charge in [-0.1, -0.05) is 0 Å². The Hall–Kier alpha value is -1.53. The van der Waals surface area contributed by atoms with E-state index in [4.69, 9.17) is 5.73 Å². The number of nitrogens with one attached hydrogen (secondary N) is 1. The Morgan fingerprint density at radius 2 is 2.22 bits per heavy atom. The first-order valence-electron chi connectivity index (χ1n) is 8.73. The van der Waals surface area contributed by atoms with Gasteiger partial charge in [0, 0.05) is 65.8 Å². The normalized spacial score (nSPS) is 20.1. The zero-order valence-corrected chi connectivity index (χ0v) is 17.7. The van der Waals surface area contributed by atoms with Gasteiger partial charge in [0.15, 0.2) is 23.1 Å². The van der Waals surface area contributed by atoms with E-state index in [9.17, 15) is 4.39 Å². The zero-order chi connectivity index (χ0) is 19.0. The minimum absolute atomic E-state index is 0.125. The Kier molecular flexibility index (Phi) is 5.46. The van der Waals surface area contributed by atoms with Gasteiger partial charge >= 0.3 is 0 Å². The summed E-state index contributed by atoms with van der Waals surface area (Å²) >= 11 is 2.19. The van der Waals surface area contributed by atoms with Crippen LogP contribution in [0.15, 0.2) is 18.7 Å². The van der Waals surface area contributed by atoms with E-state index < -0.39 is 5.82 Å². The van der Waals surface area contributed by atoms with E-state index in [0.717, 1.165) is 42.3 Å². The van der Waals surface area contributed by atoms with Crippen molar-refractivity contribution in [3.8, 4) is 11.4 Å². The minimum Gasteiger partial charge on any atom is -0.365 e. The smallest absolute Gasteiger partial charge is 0.186 e. The number of anilines is 1. The van der Waals surface area contributed by atoms with Gasteiger partial charge in [-0.05, 0) is 32.6 Å². The van der Waals surface area contributed by atoms with Crippen LogP contribution in [0.4, 0.5) is 10.2 Å². The van der Waals surface area contributed by atoms with Gasteiger partial charge in [-0.25, -0.2) is 24.3 Å². The standard InChI is InChI=1S/C17H19FIN7S/c1-9-14(18)16(24-11-4-2-3-10(20)5-11)25-15(23-9)13-7-26(27-19)17-12(13)6-21-8-22-17/h6-8,10-11H,2-5,20H2,1H3,(H,23,24,25). The van der Waals surface area contributed by atoms with Crippen LogP contribution >= 0.6 is 30.3 Å². The van der Waals surface area contributed by atoms with E-state index in [1.54, 1.807) is 13.1 Å². The van der Waals surface area contributed by atoms with Crippen LogP contribution in [-0.4, -0.2) is 36.0 Å². The third-order valence-electron chi connectivity index (χ3n) is 4.82. The SMILES string of the molecule is Cc1nc(-c2cn(SI)c3ncncc23)nc(NC2CCCC(N)C2)c1F. The van der Waals surface area contributed by atoms with Gasteiger partial charge in [0.1, 0.15) is 6.33 Å². The molecule has 0 saturated heterocycles. The van der Waals surface area contributed by atoms with Crippen molar-refractivity contribution in [1.82, 2.24) is 23.9 Å². The highest BCUT2D eigenvalue weighted by Gasteiger charge is 2.23. The second kappa shape index (κ2) is 7.84. The number of nitrogens with two attached hydrogens (primary N) is 1. The fourth-order valence-corrected chi connectivity index (χ4v) is 4.75. The molecule has 3 aromatic heterocycles. The lowest BCUT2D eigenvalue weighted by Crippen LogP contribution is -2.35. The maximum Gasteiger partial charge on any atom is 0.186 e. The molecule has 0 aliphatic heterocycles. The van der Waals surface area contributed by atoms with Crippen LogP contribution < -0.4 is 11.1 Å². The molecule has 1 fully saturated rings. The lowest BCUT2D eigenvalue weighted by molar-refractivity contribution is 0.407. The molecule has 0 bridgehead atoms. The maximum absolute atomic E-state index is 14.7. The Labute approximate surface area is 172 Å². The number of hydrogen-bond donors (Lipinski definition) is 2. The van der Waals surface area contributed by atoms with Crippen LogP contribution in [0.1, 0.15) is 31.4 Å². The van der Waals surface area contributed by atoms with Crippen molar-refractivity contribution < 1.29 is 4.39 Å². The molecule has 1 aliphatic rings. The van der Waals surface area contributed by atoms with Crippen LogP contribution in [0.5, 0.6) is 0 Å². The molecule has 3 N–H and O–H groups in total. The summed E-state index contributed by atoms with van der Waals surface area (Å²) in [6, 6.07) is 0.275. The molecule has 7 nitrogen and oxygen atoms in total. The van der Waals surface area contributed by atoms with Crippen LogP contribution in [0, 0.1) is 12.7 Å². The summed E-state index contributed by atoms with van der Waals surface area (Å²) < 4.78 is 16.6. The highest BCUT2D eigenvalue weighted by molar-refractivity contribution is 14.2. The maximum atomic E-state index is 14.7. The molecule has 2 unspecified atom stereocenters. The van der Waals surface area contributed by atoms with Crippen molar-refractivity contribution in [3.63, 3.8) is 0 Å². The fraction of sp³-hybridized carbons (Fsp3) is 0.412. The molecule has 2 atom stereocenters. The molecule has 3 aromatic rings. The van der Waals surface area contributed by atoms with Crippen molar-refractivity contribution in [3.05, 3.63) is 30.2 Å². The first-order valence-corrected chi connectivity index (χ1v) is 12.0. The topological polar surface area (TPSA) is 94.5 Å². The molecule has 0 aromatic carbocycles. The lowest BCUT2D eigenvalue weighted by atomic mass is 9.91. The molecule has 3 heterocycles. The summed E-state index contributed by atoms with van der Waals surface area (Å²) in [7, 11) is 1.49. The van der Waals surface area contributed by atoms with Gasteiger partial charge in [0.05, 0.1) is 5.69 Å². The number of fused-ring (bicyclic) bond motifs is 1. The number of halogens is 2. The summed E-state index contributed by atoms with van der Waals surface area (Å²) in [5, 5.41) is 4.08. The van der Waals surface area contributed by atoms with Crippen molar-refractivity contribution in [1.29, 1.82) is 0 Å². The quantitative estimate of drug-likeness (QED) is 0.527. The van der Waals surface area contributed by atoms with Gasteiger partial charge in [-0.3, -0.25) is 3.97 Å². The molecule has 0 radical (unpaired) electrons. The van der Waals surface area contributed by atoms with Gasteiger partial charge in [0.25, 0.3) is 0 Å². The Balaban J connectivity index is 1.75. The van der Waals surface area contributed by atoms with Gasteiger partial charge in [-0.15, -0.1) is 0 Å². The third-order valence-corrected chi connectivity index (χ3v) is 6.52. The van der Waals surface area contributed by atoms with Gasteiger partial charge < -0.3 is 11.1 Å². The fourth-order valence-electron chi connectivity index (χ4n) is 3.49. The molecule has 27 heavy (non-hydrogen) atoms. The summed E-state index contributed by atoms with van der Waals surface area (Å²) in [6.07, 6.45) is 8.98. The summed E-state index contributed by atoms with van der Waals surface area (Å²) in [5.41, 5.74) is 7.92. The van der Waals surface area contributed by atoms with Crippen LogP contribution in [0.2, 0.25) is 0 Å². The molecule has 0 spiro atoms. The van der Waals surface area contributed by atoms with Gasteiger partial charge in [-0.2, -0.15) is 0 Å². The molecule has 1 aliphatic carbocycles. The van der Waals surface area contributed by atoms with E-state index in [1.807, 2.05) is 10.2 Å². The Morgan fingerprint density at radius 3 is 3.00 bits per heavy atom. The highest BCUT2D eigenvalue weighted by atomic mass is 127. The van der Waals surface area contributed by atoms with Crippen molar-refractivity contribution in [2.75, 3.05) is 5.32 Å². The van der Waals surface area contributed by atoms with E-state index in [0.29, 0.717) is 11.5 Å². The highest BCUT2D eigenvalue weighted by Crippen LogP contribution is 2.33. The molecular weight excluding hydrogens is 480 g/mol. The number of aromatic nitrogens is 5. The number of aryl methyl sites for hydroxylation is 1. The predicted octanol–water partition coefficient (Wildman–Crippen LogP) is 3.86. The summed E-state index contributed by atoms with van der Waals surface area (Å²) in [5.74, 6) is 0.276. The van der Waals surface area contributed by atoms with Crippen LogP contribution in [0.3, 0.4) is 0 Å². The lowest BCUT2D eigenvalue weighted by Gasteiger charge is -2.28. The monoisotopic (exact) mass is 499 g/mol. The summed E-state index contributed by atoms with van der Waals surface area (Å²) in [4.78, 5) is 17.3. The van der Waals surface area contributed by atoms with E-state index in [1.165, 1.54) is 15.4 Å². The zero-order valence-electron chi connectivity index (χ0n) is 14.7. The van der Waals surface area contributed by atoms with Crippen molar-refractivity contribution in [2.45, 2.75) is 44.7 Å². The average molecular weight is 499 g/mol. The Bertz CT molecular complexity index is 979. The number of rotatable bonds is 4. The Morgan fingerprint density at radius 1 is 1.37 bits per heavy atom. The number of hydrogen-bond acceptors (Lipinski definition) is 7. The molecule has 10 heteroatoms. The average Bonchev–Trinajstić information content (AvgIpc) is 3.04. The second-order valence-electron chi connectivity index (χ2n) is 6.76. The third kappa shape index (κ3) is 3.74. The van der Waals surface area contributed by atoms with Crippen molar-refractivity contribution >= 4 is 47.2 Å². The van der Waals surface area contributed by atoms with Crippen LogP contribution in [0.25, 0.3) is 22.4 Å². The van der Waals surface area contributed by atoms with Gasteiger partial charge in [0.2, 0.25) is 0 Å². The number of nitrogens with zero attached hydrogens (tertiary/aromatic N) is 5. The van der Waals surface area contributed by atoms with E-state index >= 15 is 0 Å². The van der Waals surface area contributed by atoms with Crippen molar-refractivity contribution in [2.24, 2.45) is 5.73 Å². The second-order valence-corrected chi connectivity index (χ2v) is 8.47. The first-order chi connectivity index (χ1) is 13.1.